The predicted molar refractivity (Wildman–Crippen MR) is 133 cm³/mol. The maximum atomic E-state index is 13.6. The predicted octanol–water partition coefficient (Wildman–Crippen LogP) is 5.46. The van der Waals surface area contributed by atoms with Gasteiger partial charge in [0.25, 0.3) is 0 Å². The van der Waals surface area contributed by atoms with E-state index in [0.717, 1.165) is 5.56 Å². The first-order valence-corrected chi connectivity index (χ1v) is 11.0. The van der Waals surface area contributed by atoms with Crippen LogP contribution in [0.5, 0.6) is 23.1 Å². The molecule has 5 rings (SSSR count). The van der Waals surface area contributed by atoms with Crippen molar-refractivity contribution in [2.24, 2.45) is 0 Å². The average molecular weight is 482 g/mol. The molecule has 8 nitrogen and oxygen atoms in total. The summed E-state index contributed by atoms with van der Waals surface area (Å²) < 4.78 is 16.8. The van der Waals surface area contributed by atoms with Gasteiger partial charge < -0.3 is 24.2 Å². The second-order valence-corrected chi connectivity index (χ2v) is 7.95. The van der Waals surface area contributed by atoms with Gasteiger partial charge in [-0.1, -0.05) is 17.3 Å². The van der Waals surface area contributed by atoms with Crippen molar-refractivity contribution in [2.75, 3.05) is 14.2 Å². The van der Waals surface area contributed by atoms with Crippen LogP contribution in [0.4, 0.5) is 0 Å². The number of benzene rings is 3. The lowest BCUT2D eigenvalue weighted by Gasteiger charge is -2.13. The number of methoxy groups -OCH3 is 2. The summed E-state index contributed by atoms with van der Waals surface area (Å²) in [5.41, 5.74) is 3.25. The smallest absolute Gasteiger partial charge is 0.240 e. The Bertz CT molecular complexity index is 1500. The molecule has 2 heterocycles. The number of hydrogen-bond acceptors (Lipinski definition) is 7. The van der Waals surface area contributed by atoms with Crippen LogP contribution in [0.2, 0.25) is 0 Å². The number of aromatic nitrogens is 2. The first-order valence-electron chi connectivity index (χ1n) is 11.0. The summed E-state index contributed by atoms with van der Waals surface area (Å²) in [5.74, 6) is -0.188. The van der Waals surface area contributed by atoms with Crippen LogP contribution in [0.1, 0.15) is 15.9 Å². The lowest BCUT2D eigenvalue weighted by atomic mass is 9.99. The normalized spacial score (nSPS) is 10.8. The molecular weight excluding hydrogens is 460 g/mol. The molecular formula is C28H22N2O6. The summed E-state index contributed by atoms with van der Waals surface area (Å²) in [6.07, 6.45) is 1.48. The molecule has 0 atom stereocenters. The van der Waals surface area contributed by atoms with E-state index in [1.807, 2.05) is 12.1 Å². The highest BCUT2D eigenvalue weighted by atomic mass is 16.5. The highest BCUT2D eigenvalue weighted by Gasteiger charge is 2.30. The Hall–Kier alpha value is -4.98. The first-order chi connectivity index (χ1) is 17.5. The van der Waals surface area contributed by atoms with E-state index in [1.165, 1.54) is 17.9 Å². The third-order valence-electron chi connectivity index (χ3n) is 5.92. The highest BCUT2D eigenvalue weighted by molar-refractivity contribution is 6.15. The maximum absolute atomic E-state index is 13.6. The molecule has 0 saturated heterocycles. The van der Waals surface area contributed by atoms with E-state index in [9.17, 15) is 15.0 Å². The Balaban J connectivity index is 1.69. The topological polar surface area (TPSA) is 107 Å². The van der Waals surface area contributed by atoms with E-state index in [1.54, 1.807) is 73.8 Å². The van der Waals surface area contributed by atoms with E-state index in [4.69, 9.17) is 14.0 Å². The maximum Gasteiger partial charge on any atom is 0.240 e. The van der Waals surface area contributed by atoms with Crippen molar-refractivity contribution in [1.82, 2.24) is 9.72 Å². The minimum atomic E-state index is -0.512. The number of carbonyl (C=O) groups excluding carboxylic acids is 1. The Morgan fingerprint density at radius 1 is 0.806 bits per heavy atom. The average Bonchev–Trinajstić information content (AvgIpc) is 3.56. The summed E-state index contributed by atoms with van der Waals surface area (Å²) in [7, 11) is 3.10. The van der Waals surface area contributed by atoms with Crippen LogP contribution in [-0.2, 0) is 0 Å². The molecule has 0 aliphatic heterocycles. The molecule has 2 aromatic heterocycles. The summed E-state index contributed by atoms with van der Waals surface area (Å²) in [5, 5.41) is 26.0. The van der Waals surface area contributed by atoms with Crippen LogP contribution in [0.3, 0.4) is 0 Å². The molecule has 36 heavy (non-hydrogen) atoms. The van der Waals surface area contributed by atoms with Gasteiger partial charge in [0.15, 0.2) is 11.5 Å². The fraction of sp³-hybridized carbons (Fsp3) is 0.0714. The van der Waals surface area contributed by atoms with Crippen molar-refractivity contribution >= 4 is 5.78 Å². The van der Waals surface area contributed by atoms with Gasteiger partial charge in [-0.3, -0.25) is 9.36 Å². The minimum absolute atomic E-state index is 0.0246. The van der Waals surface area contributed by atoms with Crippen molar-refractivity contribution in [3.8, 4) is 51.3 Å². The molecule has 8 heteroatoms. The van der Waals surface area contributed by atoms with Gasteiger partial charge in [-0.05, 0) is 66.2 Å². The summed E-state index contributed by atoms with van der Waals surface area (Å²) in [6.45, 7) is 0. The SMILES string of the molecule is COc1ccc(C(=O)c2c(O)c(O)n(-c3ccc(-c4ccon4)cc3)c2-c2ccc(OC)cc2)cc1. The lowest BCUT2D eigenvalue weighted by Crippen LogP contribution is -2.05. The van der Waals surface area contributed by atoms with Crippen LogP contribution in [-0.4, -0.2) is 39.9 Å². The molecule has 0 unspecified atom stereocenters. The Labute approximate surface area is 206 Å². The van der Waals surface area contributed by atoms with Gasteiger partial charge in [0.2, 0.25) is 5.88 Å². The fourth-order valence-corrected chi connectivity index (χ4v) is 4.07. The van der Waals surface area contributed by atoms with Crippen molar-refractivity contribution in [3.05, 3.63) is 96.3 Å². The third-order valence-corrected chi connectivity index (χ3v) is 5.92. The Morgan fingerprint density at radius 3 is 1.94 bits per heavy atom. The van der Waals surface area contributed by atoms with Gasteiger partial charge >= 0.3 is 0 Å². The number of ether oxygens (including phenoxy) is 2. The van der Waals surface area contributed by atoms with Gasteiger partial charge in [0.1, 0.15) is 23.5 Å². The zero-order valence-corrected chi connectivity index (χ0v) is 19.5. The Kier molecular flexibility index (Phi) is 5.92. The summed E-state index contributed by atoms with van der Waals surface area (Å²) in [4.78, 5) is 13.6. The monoisotopic (exact) mass is 482 g/mol. The van der Waals surface area contributed by atoms with Crippen molar-refractivity contribution in [2.45, 2.75) is 0 Å². The van der Waals surface area contributed by atoms with Crippen LogP contribution in [0.25, 0.3) is 28.2 Å². The molecule has 0 aliphatic rings. The van der Waals surface area contributed by atoms with Gasteiger partial charge in [-0.2, -0.15) is 0 Å². The van der Waals surface area contributed by atoms with Crippen LogP contribution >= 0.6 is 0 Å². The molecule has 0 aliphatic carbocycles. The summed E-state index contributed by atoms with van der Waals surface area (Å²) >= 11 is 0. The number of aromatic hydroxyl groups is 2. The molecule has 0 saturated carbocycles. The van der Waals surface area contributed by atoms with Crippen LogP contribution in [0, 0.1) is 0 Å². The van der Waals surface area contributed by atoms with Crippen molar-refractivity contribution in [3.63, 3.8) is 0 Å². The second-order valence-electron chi connectivity index (χ2n) is 7.95. The second kappa shape index (κ2) is 9.34. The molecule has 0 radical (unpaired) electrons. The fourth-order valence-electron chi connectivity index (χ4n) is 4.07. The van der Waals surface area contributed by atoms with E-state index >= 15 is 0 Å². The quantitative estimate of drug-likeness (QED) is 0.297. The minimum Gasteiger partial charge on any atom is -0.503 e. The first kappa shape index (κ1) is 22.8. The zero-order valence-electron chi connectivity index (χ0n) is 19.5. The molecule has 180 valence electrons. The molecule has 2 N–H and O–H groups in total. The van der Waals surface area contributed by atoms with E-state index in [-0.39, 0.29) is 5.56 Å². The number of nitrogens with zero attached hydrogens (tertiary/aromatic N) is 2. The van der Waals surface area contributed by atoms with Crippen LogP contribution < -0.4 is 9.47 Å². The largest absolute Gasteiger partial charge is 0.503 e. The van der Waals surface area contributed by atoms with Gasteiger partial charge in [0.05, 0.1) is 25.5 Å². The number of rotatable bonds is 7. The van der Waals surface area contributed by atoms with E-state index in [2.05, 4.69) is 5.16 Å². The molecule has 3 aromatic carbocycles. The molecule has 0 amide bonds. The highest BCUT2D eigenvalue weighted by Crippen LogP contribution is 2.44. The van der Waals surface area contributed by atoms with E-state index < -0.39 is 17.4 Å². The van der Waals surface area contributed by atoms with Crippen molar-refractivity contribution in [1.29, 1.82) is 0 Å². The number of carbonyl (C=O) groups is 1. The summed E-state index contributed by atoms with van der Waals surface area (Å²) in [6, 6.07) is 22.5. The van der Waals surface area contributed by atoms with E-state index in [0.29, 0.717) is 39.7 Å². The number of ketones is 1. The molecule has 0 fully saturated rings. The molecule has 0 spiro atoms. The molecule has 5 aromatic rings. The van der Waals surface area contributed by atoms with Gasteiger partial charge in [0, 0.05) is 22.9 Å². The third kappa shape index (κ3) is 3.94. The zero-order chi connectivity index (χ0) is 25.2. The lowest BCUT2D eigenvalue weighted by molar-refractivity contribution is 0.103. The Morgan fingerprint density at radius 2 is 1.39 bits per heavy atom. The van der Waals surface area contributed by atoms with Gasteiger partial charge in [-0.15, -0.1) is 0 Å². The van der Waals surface area contributed by atoms with Crippen LogP contribution in [0.15, 0.2) is 89.6 Å². The number of hydrogen-bond donors (Lipinski definition) is 2. The molecule has 0 bridgehead atoms. The standard InChI is InChI=1S/C28H22N2O6/c1-34-21-11-5-18(6-12-21)25-24(26(31)19-7-13-22(35-2)14-8-19)27(32)28(33)30(25)20-9-3-17(4-10-20)23-15-16-36-29-23/h3-16,32-33H,1-2H3. The van der Waals surface area contributed by atoms with Crippen molar-refractivity contribution < 1.29 is 29.0 Å². The van der Waals surface area contributed by atoms with Gasteiger partial charge in [-0.25, -0.2) is 0 Å².